The highest BCUT2D eigenvalue weighted by atomic mass is 16.6. The van der Waals surface area contributed by atoms with Crippen LogP contribution in [0.3, 0.4) is 0 Å². The summed E-state index contributed by atoms with van der Waals surface area (Å²) in [6.07, 6.45) is 3.43. The second-order valence-corrected chi connectivity index (χ2v) is 5.95. The average molecular weight is 290 g/mol. The summed E-state index contributed by atoms with van der Waals surface area (Å²) in [4.78, 5) is 16.2. The Balaban J connectivity index is 2.01. The van der Waals surface area contributed by atoms with E-state index in [0.29, 0.717) is 13.1 Å². The molecule has 0 aromatic carbocycles. The molecule has 0 aliphatic heterocycles. The molecule has 3 N–H and O–H groups in total. The third-order valence-corrected chi connectivity index (χ3v) is 2.98. The molecule has 2 rings (SSSR count). The van der Waals surface area contributed by atoms with Gasteiger partial charge in [0.15, 0.2) is 0 Å². The lowest BCUT2D eigenvalue weighted by atomic mass is 10.1. The Morgan fingerprint density at radius 3 is 2.86 bits per heavy atom. The Morgan fingerprint density at radius 2 is 2.24 bits per heavy atom. The van der Waals surface area contributed by atoms with Crippen LogP contribution in [0.2, 0.25) is 0 Å². The summed E-state index contributed by atoms with van der Waals surface area (Å²) in [5, 5.41) is 2.74. The van der Waals surface area contributed by atoms with Gasteiger partial charge in [0.05, 0.1) is 5.69 Å². The number of hydrogen-bond acceptors (Lipinski definition) is 4. The number of amides is 1. The van der Waals surface area contributed by atoms with E-state index in [-0.39, 0.29) is 5.92 Å². The standard InChI is InChI=1S/C15H22N4O2/c1-15(2,3)21-14(20)17-9-11(8-16)12-10-19-7-5-4-6-13(19)18-12/h4-7,10-11H,8-9,16H2,1-3H3,(H,17,20). The summed E-state index contributed by atoms with van der Waals surface area (Å²) in [6.45, 7) is 6.29. The number of nitrogens with two attached hydrogens (primary N) is 1. The molecule has 2 aromatic rings. The Hall–Kier alpha value is -2.08. The van der Waals surface area contributed by atoms with Gasteiger partial charge in [0.2, 0.25) is 0 Å². The number of pyridine rings is 1. The summed E-state index contributed by atoms with van der Waals surface area (Å²) in [5.74, 6) is -0.0441. The fourth-order valence-electron chi connectivity index (χ4n) is 1.98. The number of fused-ring (bicyclic) bond motifs is 1. The molecule has 0 aliphatic rings. The summed E-state index contributed by atoms with van der Waals surface area (Å²) >= 11 is 0. The van der Waals surface area contributed by atoms with E-state index in [1.165, 1.54) is 0 Å². The van der Waals surface area contributed by atoms with Crippen LogP contribution in [0, 0.1) is 0 Å². The summed E-state index contributed by atoms with van der Waals surface area (Å²) in [7, 11) is 0. The molecule has 2 aromatic heterocycles. The van der Waals surface area contributed by atoms with E-state index in [1.54, 1.807) is 0 Å². The van der Waals surface area contributed by atoms with Gasteiger partial charge in [0.1, 0.15) is 11.2 Å². The first-order valence-corrected chi connectivity index (χ1v) is 6.99. The number of imidazole rings is 1. The van der Waals surface area contributed by atoms with Crippen molar-refractivity contribution >= 4 is 11.7 Å². The van der Waals surface area contributed by atoms with Crippen LogP contribution in [0.25, 0.3) is 5.65 Å². The number of carbonyl (C=O) groups is 1. The fourth-order valence-corrected chi connectivity index (χ4v) is 1.98. The molecule has 6 nitrogen and oxygen atoms in total. The molecule has 1 amide bonds. The van der Waals surface area contributed by atoms with Crippen molar-refractivity contribution in [3.05, 3.63) is 36.3 Å². The van der Waals surface area contributed by atoms with E-state index >= 15 is 0 Å². The number of nitrogens with zero attached hydrogens (tertiary/aromatic N) is 2. The van der Waals surface area contributed by atoms with Gasteiger partial charge in [-0.3, -0.25) is 0 Å². The van der Waals surface area contributed by atoms with Gasteiger partial charge in [-0.25, -0.2) is 9.78 Å². The van der Waals surface area contributed by atoms with Crippen molar-refractivity contribution in [2.45, 2.75) is 32.3 Å². The molecule has 0 saturated heterocycles. The van der Waals surface area contributed by atoms with Crippen molar-refractivity contribution in [1.82, 2.24) is 14.7 Å². The Labute approximate surface area is 124 Å². The lowest BCUT2D eigenvalue weighted by Gasteiger charge is -2.21. The Morgan fingerprint density at radius 1 is 1.48 bits per heavy atom. The highest BCUT2D eigenvalue weighted by molar-refractivity contribution is 5.67. The van der Waals surface area contributed by atoms with Crippen molar-refractivity contribution in [3.63, 3.8) is 0 Å². The van der Waals surface area contributed by atoms with Crippen LogP contribution in [0.5, 0.6) is 0 Å². The lowest BCUT2D eigenvalue weighted by molar-refractivity contribution is 0.0524. The summed E-state index contributed by atoms with van der Waals surface area (Å²) < 4.78 is 7.15. The number of alkyl carbamates (subject to hydrolysis) is 1. The molecular formula is C15H22N4O2. The third kappa shape index (κ3) is 4.19. The van der Waals surface area contributed by atoms with Crippen LogP contribution in [0.4, 0.5) is 4.79 Å². The van der Waals surface area contributed by atoms with E-state index < -0.39 is 11.7 Å². The number of nitrogens with one attached hydrogen (secondary N) is 1. The van der Waals surface area contributed by atoms with Crippen LogP contribution in [0.15, 0.2) is 30.6 Å². The van der Waals surface area contributed by atoms with Crippen molar-refractivity contribution < 1.29 is 9.53 Å². The Kier molecular flexibility index (Phi) is 4.47. The first kappa shape index (κ1) is 15.3. The molecule has 1 atom stereocenters. The maximum Gasteiger partial charge on any atom is 0.407 e. The van der Waals surface area contributed by atoms with Crippen molar-refractivity contribution in [2.24, 2.45) is 5.73 Å². The lowest BCUT2D eigenvalue weighted by Crippen LogP contribution is -2.36. The second kappa shape index (κ2) is 6.13. The zero-order valence-corrected chi connectivity index (χ0v) is 12.7. The van der Waals surface area contributed by atoms with Gasteiger partial charge in [-0.2, -0.15) is 0 Å². The molecule has 6 heteroatoms. The van der Waals surface area contributed by atoms with Crippen molar-refractivity contribution in [1.29, 1.82) is 0 Å². The number of ether oxygens (including phenoxy) is 1. The van der Waals surface area contributed by atoms with Gasteiger partial charge in [0, 0.05) is 31.4 Å². The summed E-state index contributed by atoms with van der Waals surface area (Å²) in [6, 6.07) is 5.80. The molecule has 0 aliphatic carbocycles. The maximum atomic E-state index is 11.7. The zero-order chi connectivity index (χ0) is 15.5. The van der Waals surface area contributed by atoms with Gasteiger partial charge >= 0.3 is 6.09 Å². The molecule has 1 unspecified atom stereocenters. The molecular weight excluding hydrogens is 268 g/mol. The van der Waals surface area contributed by atoms with Gasteiger partial charge in [-0.1, -0.05) is 6.07 Å². The first-order chi connectivity index (χ1) is 9.89. The Bertz CT molecular complexity index is 582. The zero-order valence-electron chi connectivity index (χ0n) is 12.7. The van der Waals surface area contributed by atoms with Gasteiger partial charge in [-0.05, 0) is 32.9 Å². The fraction of sp³-hybridized carbons (Fsp3) is 0.467. The second-order valence-electron chi connectivity index (χ2n) is 5.95. The average Bonchev–Trinajstić information content (AvgIpc) is 2.80. The molecule has 21 heavy (non-hydrogen) atoms. The van der Waals surface area contributed by atoms with Gasteiger partial charge in [-0.15, -0.1) is 0 Å². The largest absolute Gasteiger partial charge is 0.444 e. The molecule has 0 bridgehead atoms. The highest BCUT2D eigenvalue weighted by Gasteiger charge is 2.19. The SMILES string of the molecule is CC(C)(C)OC(=O)NCC(CN)c1cn2ccccc2n1. The first-order valence-electron chi connectivity index (χ1n) is 6.99. The minimum Gasteiger partial charge on any atom is -0.444 e. The maximum absolute atomic E-state index is 11.7. The quantitative estimate of drug-likeness (QED) is 0.901. The summed E-state index contributed by atoms with van der Waals surface area (Å²) in [5.41, 5.74) is 7.02. The van der Waals surface area contributed by atoms with E-state index in [2.05, 4.69) is 10.3 Å². The predicted octanol–water partition coefficient (Wildman–Crippen LogP) is 1.90. The molecule has 114 valence electrons. The van der Waals surface area contributed by atoms with E-state index in [9.17, 15) is 4.79 Å². The minimum absolute atomic E-state index is 0.0441. The number of rotatable bonds is 4. The number of carbonyl (C=O) groups excluding carboxylic acids is 1. The minimum atomic E-state index is -0.509. The van der Waals surface area contributed by atoms with Gasteiger partial charge < -0.3 is 20.2 Å². The molecule has 0 radical (unpaired) electrons. The predicted molar refractivity (Wildman–Crippen MR) is 81.2 cm³/mol. The van der Waals surface area contributed by atoms with Crippen LogP contribution < -0.4 is 11.1 Å². The number of aromatic nitrogens is 2. The normalized spacial score (nSPS) is 13.1. The molecule has 2 heterocycles. The van der Waals surface area contributed by atoms with Crippen LogP contribution >= 0.6 is 0 Å². The smallest absolute Gasteiger partial charge is 0.407 e. The van der Waals surface area contributed by atoms with Crippen LogP contribution in [-0.4, -0.2) is 34.2 Å². The molecule has 0 spiro atoms. The molecule has 0 fully saturated rings. The topological polar surface area (TPSA) is 81.6 Å². The number of hydrogen-bond donors (Lipinski definition) is 2. The molecule has 0 saturated carbocycles. The third-order valence-electron chi connectivity index (χ3n) is 2.98. The highest BCUT2D eigenvalue weighted by Crippen LogP contribution is 2.14. The van der Waals surface area contributed by atoms with Crippen LogP contribution in [-0.2, 0) is 4.74 Å². The monoisotopic (exact) mass is 290 g/mol. The van der Waals surface area contributed by atoms with E-state index in [4.69, 9.17) is 10.5 Å². The van der Waals surface area contributed by atoms with Crippen molar-refractivity contribution in [3.8, 4) is 0 Å². The van der Waals surface area contributed by atoms with Crippen LogP contribution in [0.1, 0.15) is 32.4 Å². The van der Waals surface area contributed by atoms with E-state index in [0.717, 1.165) is 11.3 Å². The van der Waals surface area contributed by atoms with Crippen molar-refractivity contribution in [2.75, 3.05) is 13.1 Å². The van der Waals surface area contributed by atoms with E-state index in [1.807, 2.05) is 55.8 Å². The van der Waals surface area contributed by atoms with Gasteiger partial charge in [0.25, 0.3) is 0 Å².